The highest BCUT2D eigenvalue weighted by Gasteiger charge is 2.17. The van der Waals surface area contributed by atoms with Crippen LogP contribution in [0.2, 0.25) is 0 Å². The van der Waals surface area contributed by atoms with Crippen molar-refractivity contribution in [2.24, 2.45) is 5.92 Å². The first-order valence-electron chi connectivity index (χ1n) is 6.04. The number of thioether (sulfide) groups is 1. The average Bonchev–Trinajstić information content (AvgIpc) is 2.26. The van der Waals surface area contributed by atoms with Gasteiger partial charge in [0.1, 0.15) is 0 Å². The second-order valence-electron chi connectivity index (χ2n) is 4.28. The van der Waals surface area contributed by atoms with Crippen molar-refractivity contribution in [2.45, 2.75) is 45.6 Å². The summed E-state index contributed by atoms with van der Waals surface area (Å²) in [5, 5.41) is 12.1. The van der Waals surface area contributed by atoms with Crippen molar-refractivity contribution in [2.75, 3.05) is 18.6 Å². The molecule has 0 radical (unpaired) electrons. The zero-order chi connectivity index (χ0) is 12.4. The number of carbonyl (C=O) groups is 1. The van der Waals surface area contributed by atoms with Crippen LogP contribution in [0.3, 0.4) is 0 Å². The Morgan fingerprint density at radius 2 is 1.88 bits per heavy atom. The van der Waals surface area contributed by atoms with Crippen LogP contribution in [0.15, 0.2) is 0 Å². The lowest BCUT2D eigenvalue weighted by Gasteiger charge is -2.17. The van der Waals surface area contributed by atoms with E-state index in [-0.39, 0.29) is 12.0 Å². The molecule has 0 aromatic heterocycles. The Morgan fingerprint density at radius 1 is 1.25 bits per heavy atom. The lowest BCUT2D eigenvalue weighted by Crippen LogP contribution is -2.36. The highest BCUT2D eigenvalue weighted by Crippen LogP contribution is 2.05. The van der Waals surface area contributed by atoms with Gasteiger partial charge in [-0.05, 0) is 38.3 Å². The first-order chi connectivity index (χ1) is 7.59. The van der Waals surface area contributed by atoms with Gasteiger partial charge in [-0.2, -0.15) is 11.8 Å². The summed E-state index contributed by atoms with van der Waals surface area (Å²) >= 11 is 1.90. The smallest absolute Gasteiger partial charge is 0.307 e. The zero-order valence-corrected chi connectivity index (χ0v) is 11.5. The summed E-state index contributed by atoms with van der Waals surface area (Å²) in [6, 6.07) is 0.0590. The van der Waals surface area contributed by atoms with Gasteiger partial charge in [0.15, 0.2) is 0 Å². The van der Waals surface area contributed by atoms with Crippen LogP contribution >= 0.6 is 11.8 Å². The van der Waals surface area contributed by atoms with Gasteiger partial charge in [0.2, 0.25) is 0 Å². The van der Waals surface area contributed by atoms with Gasteiger partial charge in [0, 0.05) is 6.04 Å². The second-order valence-corrected chi connectivity index (χ2v) is 5.26. The number of hydrogen-bond donors (Lipinski definition) is 2. The predicted molar refractivity (Wildman–Crippen MR) is 71.1 cm³/mol. The summed E-state index contributed by atoms with van der Waals surface area (Å²) in [7, 11) is 0. The van der Waals surface area contributed by atoms with Gasteiger partial charge in [-0.3, -0.25) is 4.79 Å². The van der Waals surface area contributed by atoms with E-state index in [2.05, 4.69) is 11.6 Å². The molecule has 0 aliphatic heterocycles. The molecule has 2 unspecified atom stereocenters. The number of rotatable bonds is 10. The third kappa shape index (κ3) is 7.99. The van der Waals surface area contributed by atoms with Gasteiger partial charge in [0.05, 0.1) is 5.92 Å². The van der Waals surface area contributed by atoms with Crippen LogP contribution in [0.5, 0.6) is 0 Å². The van der Waals surface area contributed by atoms with Gasteiger partial charge in [0.25, 0.3) is 0 Å². The van der Waals surface area contributed by atoms with Crippen LogP contribution in [-0.2, 0) is 4.79 Å². The summed E-state index contributed by atoms with van der Waals surface area (Å²) in [4.78, 5) is 10.7. The number of nitrogens with one attached hydrogen (secondary N) is 1. The third-order valence-corrected chi connectivity index (χ3v) is 3.58. The van der Waals surface area contributed by atoms with Crippen LogP contribution in [0.1, 0.15) is 39.5 Å². The highest BCUT2D eigenvalue weighted by atomic mass is 32.2. The molecule has 0 heterocycles. The molecular formula is C12H25NO2S. The number of carboxylic acid groups (broad SMARTS) is 1. The zero-order valence-electron chi connectivity index (χ0n) is 10.7. The van der Waals surface area contributed by atoms with Gasteiger partial charge in [-0.1, -0.05) is 19.8 Å². The fourth-order valence-corrected chi connectivity index (χ4v) is 1.94. The SMILES string of the molecule is CSCCCCCCNC(C)C(C)C(=O)O. The van der Waals surface area contributed by atoms with Crippen LogP contribution in [0.4, 0.5) is 0 Å². The minimum atomic E-state index is -0.722. The quantitative estimate of drug-likeness (QED) is 0.583. The van der Waals surface area contributed by atoms with Crippen LogP contribution in [0.25, 0.3) is 0 Å². The van der Waals surface area contributed by atoms with Crippen LogP contribution in [-0.4, -0.2) is 35.7 Å². The molecule has 2 atom stereocenters. The van der Waals surface area contributed by atoms with Gasteiger partial charge >= 0.3 is 5.97 Å². The number of carboxylic acids is 1. The molecule has 0 rings (SSSR count). The molecule has 16 heavy (non-hydrogen) atoms. The number of unbranched alkanes of at least 4 members (excludes halogenated alkanes) is 3. The van der Waals surface area contributed by atoms with Crippen molar-refractivity contribution in [3.8, 4) is 0 Å². The van der Waals surface area contributed by atoms with E-state index < -0.39 is 5.97 Å². The van der Waals surface area contributed by atoms with Gasteiger partial charge in [-0.15, -0.1) is 0 Å². The van der Waals surface area contributed by atoms with Crippen molar-refractivity contribution in [3.63, 3.8) is 0 Å². The topological polar surface area (TPSA) is 49.3 Å². The molecule has 2 N–H and O–H groups in total. The van der Waals surface area contributed by atoms with E-state index in [1.54, 1.807) is 6.92 Å². The van der Waals surface area contributed by atoms with E-state index >= 15 is 0 Å². The fourth-order valence-electron chi connectivity index (χ4n) is 1.45. The third-order valence-electron chi connectivity index (χ3n) is 2.88. The van der Waals surface area contributed by atoms with Crippen LogP contribution in [0, 0.1) is 5.92 Å². The molecule has 4 heteroatoms. The maximum Gasteiger partial charge on any atom is 0.307 e. The summed E-state index contributed by atoms with van der Waals surface area (Å²) in [6.45, 7) is 4.61. The van der Waals surface area contributed by atoms with E-state index in [1.807, 2.05) is 18.7 Å². The Hall–Kier alpha value is -0.220. The van der Waals surface area contributed by atoms with E-state index in [0.717, 1.165) is 13.0 Å². The average molecular weight is 247 g/mol. The molecule has 0 aliphatic carbocycles. The lowest BCUT2D eigenvalue weighted by molar-refractivity contribution is -0.141. The van der Waals surface area contributed by atoms with Crippen LogP contribution < -0.4 is 5.32 Å². The fraction of sp³-hybridized carbons (Fsp3) is 0.917. The minimum Gasteiger partial charge on any atom is -0.481 e. The Morgan fingerprint density at radius 3 is 2.44 bits per heavy atom. The standard InChI is InChI=1S/C12H25NO2S/c1-10(12(14)15)11(2)13-8-6-4-5-7-9-16-3/h10-11,13H,4-9H2,1-3H3,(H,14,15). The molecule has 0 aliphatic rings. The maximum absolute atomic E-state index is 10.7. The van der Waals surface area contributed by atoms with Gasteiger partial charge < -0.3 is 10.4 Å². The Kier molecular flexibility index (Phi) is 9.83. The molecule has 3 nitrogen and oxygen atoms in total. The first-order valence-corrected chi connectivity index (χ1v) is 7.44. The molecule has 96 valence electrons. The Balaban J connectivity index is 3.34. The number of hydrogen-bond acceptors (Lipinski definition) is 3. The summed E-state index contributed by atoms with van der Waals surface area (Å²) in [5.41, 5.74) is 0. The Labute approximate surface area is 103 Å². The van der Waals surface area contributed by atoms with Gasteiger partial charge in [-0.25, -0.2) is 0 Å². The van der Waals surface area contributed by atoms with E-state index in [0.29, 0.717) is 0 Å². The minimum absolute atomic E-state index is 0.0590. The monoisotopic (exact) mass is 247 g/mol. The highest BCUT2D eigenvalue weighted by molar-refractivity contribution is 7.98. The summed E-state index contributed by atoms with van der Waals surface area (Å²) in [5.74, 6) is 0.219. The summed E-state index contributed by atoms with van der Waals surface area (Å²) in [6.07, 6.45) is 7.09. The van der Waals surface area contributed by atoms with E-state index in [4.69, 9.17) is 5.11 Å². The Bertz CT molecular complexity index is 188. The molecule has 0 aromatic carbocycles. The normalized spacial score (nSPS) is 14.7. The molecule has 0 amide bonds. The molecular weight excluding hydrogens is 222 g/mol. The van der Waals surface area contributed by atoms with Crippen molar-refractivity contribution < 1.29 is 9.90 Å². The molecule has 0 saturated heterocycles. The first kappa shape index (κ1) is 15.8. The molecule has 0 aromatic rings. The predicted octanol–water partition coefficient (Wildman–Crippen LogP) is 2.61. The van der Waals surface area contributed by atoms with E-state index in [9.17, 15) is 4.79 Å². The molecule has 0 bridgehead atoms. The summed E-state index contributed by atoms with van der Waals surface area (Å²) < 4.78 is 0. The number of aliphatic carboxylic acids is 1. The van der Waals surface area contributed by atoms with Crippen molar-refractivity contribution in [1.82, 2.24) is 5.32 Å². The molecule has 0 saturated carbocycles. The van der Waals surface area contributed by atoms with Crippen molar-refractivity contribution in [3.05, 3.63) is 0 Å². The van der Waals surface area contributed by atoms with Crippen molar-refractivity contribution in [1.29, 1.82) is 0 Å². The molecule has 0 spiro atoms. The second kappa shape index (κ2) is 9.97. The largest absolute Gasteiger partial charge is 0.481 e. The maximum atomic E-state index is 10.7. The molecule has 0 fully saturated rings. The van der Waals surface area contributed by atoms with E-state index in [1.165, 1.54) is 25.0 Å². The lowest BCUT2D eigenvalue weighted by atomic mass is 10.0. The van der Waals surface area contributed by atoms with Crippen molar-refractivity contribution >= 4 is 17.7 Å².